The second-order valence-electron chi connectivity index (χ2n) is 8.59. The van der Waals surface area contributed by atoms with Crippen LogP contribution < -0.4 is 10.6 Å². The van der Waals surface area contributed by atoms with Crippen molar-refractivity contribution in [1.82, 2.24) is 20.4 Å². The average molecular weight is 407 g/mol. The fraction of sp³-hybridized carbons (Fsp3) is 0.810. The number of hydrogen-bond donors (Lipinski definition) is 2. The summed E-state index contributed by atoms with van der Waals surface area (Å²) >= 11 is 0. The zero-order chi connectivity index (χ0) is 21.1. The summed E-state index contributed by atoms with van der Waals surface area (Å²) in [5, 5.41) is 5.83. The molecule has 0 aromatic rings. The number of carbonyl (C=O) groups excluding carboxylic acids is 4. The number of urea groups is 1. The number of imide groups is 1. The Morgan fingerprint density at radius 2 is 1.59 bits per heavy atom. The molecular formula is C21H34N4O4. The number of likely N-dealkylation sites (N-methyl/N-ethyl adjacent to an activating group) is 1. The Morgan fingerprint density at radius 1 is 1.00 bits per heavy atom. The highest BCUT2D eigenvalue weighted by Gasteiger charge is 2.52. The second-order valence-corrected chi connectivity index (χ2v) is 8.59. The van der Waals surface area contributed by atoms with Crippen molar-refractivity contribution in [2.45, 2.75) is 89.1 Å². The second kappa shape index (κ2) is 8.71. The molecule has 8 nitrogen and oxygen atoms in total. The van der Waals surface area contributed by atoms with Crippen LogP contribution in [0.3, 0.4) is 0 Å². The molecule has 0 radical (unpaired) electrons. The molecule has 2 N–H and O–H groups in total. The van der Waals surface area contributed by atoms with Crippen LogP contribution in [0.1, 0.15) is 78.1 Å². The van der Waals surface area contributed by atoms with Gasteiger partial charge >= 0.3 is 6.03 Å². The van der Waals surface area contributed by atoms with E-state index >= 15 is 0 Å². The van der Waals surface area contributed by atoms with Crippen molar-refractivity contribution < 1.29 is 19.2 Å². The number of amides is 5. The molecule has 3 rings (SSSR count). The number of hydrogen-bond acceptors (Lipinski definition) is 4. The van der Waals surface area contributed by atoms with Crippen molar-refractivity contribution in [3.05, 3.63) is 0 Å². The molecule has 29 heavy (non-hydrogen) atoms. The van der Waals surface area contributed by atoms with E-state index in [1.54, 1.807) is 4.90 Å². The molecule has 162 valence electrons. The SMILES string of the molecule is CCN(CC)C(=O)C1(NC(=O)CCN2C(=O)NC3(CCCC3)C2=O)CCCCC1. The van der Waals surface area contributed by atoms with Gasteiger partial charge in [0.25, 0.3) is 5.91 Å². The highest BCUT2D eigenvalue weighted by molar-refractivity contribution is 6.07. The van der Waals surface area contributed by atoms with Crippen molar-refractivity contribution in [3.8, 4) is 0 Å². The molecule has 1 saturated heterocycles. The van der Waals surface area contributed by atoms with Gasteiger partial charge in [-0.1, -0.05) is 32.1 Å². The maximum absolute atomic E-state index is 13.1. The van der Waals surface area contributed by atoms with Crippen LogP contribution in [0.15, 0.2) is 0 Å². The summed E-state index contributed by atoms with van der Waals surface area (Å²) in [5.41, 5.74) is -1.61. The summed E-state index contributed by atoms with van der Waals surface area (Å²) in [6, 6.07) is -0.406. The third-order valence-electron chi connectivity index (χ3n) is 6.81. The van der Waals surface area contributed by atoms with Crippen molar-refractivity contribution >= 4 is 23.8 Å². The lowest BCUT2D eigenvalue weighted by Gasteiger charge is -2.40. The molecule has 1 heterocycles. The molecule has 1 spiro atoms. The van der Waals surface area contributed by atoms with Gasteiger partial charge in [-0.3, -0.25) is 19.3 Å². The topological polar surface area (TPSA) is 98.8 Å². The molecule has 2 aliphatic carbocycles. The Morgan fingerprint density at radius 3 is 2.17 bits per heavy atom. The van der Waals surface area contributed by atoms with E-state index in [4.69, 9.17) is 0 Å². The fourth-order valence-corrected chi connectivity index (χ4v) is 5.10. The number of nitrogens with one attached hydrogen (secondary N) is 2. The van der Waals surface area contributed by atoms with E-state index in [-0.39, 0.29) is 30.7 Å². The molecular weight excluding hydrogens is 372 g/mol. The van der Waals surface area contributed by atoms with Gasteiger partial charge < -0.3 is 15.5 Å². The van der Waals surface area contributed by atoms with Gasteiger partial charge in [0.1, 0.15) is 11.1 Å². The minimum atomic E-state index is -0.856. The molecule has 8 heteroatoms. The van der Waals surface area contributed by atoms with Crippen LogP contribution in [-0.2, 0) is 14.4 Å². The van der Waals surface area contributed by atoms with Gasteiger partial charge in [-0.25, -0.2) is 4.79 Å². The lowest BCUT2D eigenvalue weighted by molar-refractivity contribution is -0.143. The van der Waals surface area contributed by atoms with Crippen LogP contribution in [0.2, 0.25) is 0 Å². The molecule has 2 saturated carbocycles. The van der Waals surface area contributed by atoms with E-state index in [2.05, 4.69) is 10.6 Å². The summed E-state index contributed by atoms with van der Waals surface area (Å²) < 4.78 is 0. The van der Waals surface area contributed by atoms with E-state index in [0.717, 1.165) is 32.1 Å². The van der Waals surface area contributed by atoms with Gasteiger partial charge in [-0.15, -0.1) is 0 Å². The molecule has 3 aliphatic rings. The van der Waals surface area contributed by atoms with Gasteiger partial charge in [0.05, 0.1) is 0 Å². The van der Waals surface area contributed by atoms with Crippen molar-refractivity contribution in [3.63, 3.8) is 0 Å². The molecule has 3 fully saturated rings. The highest BCUT2D eigenvalue weighted by atomic mass is 16.2. The third-order valence-corrected chi connectivity index (χ3v) is 6.81. The average Bonchev–Trinajstić information content (AvgIpc) is 3.27. The quantitative estimate of drug-likeness (QED) is 0.631. The number of carbonyl (C=O) groups is 4. The number of nitrogens with zero attached hydrogens (tertiary/aromatic N) is 2. The van der Waals surface area contributed by atoms with Gasteiger partial charge in [0.2, 0.25) is 11.8 Å². The van der Waals surface area contributed by atoms with E-state index in [9.17, 15) is 19.2 Å². The Bertz CT molecular complexity index is 662. The summed E-state index contributed by atoms with van der Waals surface area (Å²) in [7, 11) is 0. The molecule has 5 amide bonds. The maximum Gasteiger partial charge on any atom is 0.325 e. The lowest BCUT2D eigenvalue weighted by Crippen LogP contribution is -2.60. The number of rotatable bonds is 7. The maximum atomic E-state index is 13.1. The molecule has 1 aliphatic heterocycles. The largest absolute Gasteiger partial charge is 0.342 e. The van der Waals surface area contributed by atoms with Crippen molar-refractivity contribution in [1.29, 1.82) is 0 Å². The first kappa shape index (κ1) is 21.6. The summed E-state index contributed by atoms with van der Waals surface area (Å²) in [4.78, 5) is 53.8. The Labute approximate surface area is 172 Å². The summed E-state index contributed by atoms with van der Waals surface area (Å²) in [6.07, 6.45) is 7.36. The molecule has 0 aromatic heterocycles. The van der Waals surface area contributed by atoms with Gasteiger partial charge in [-0.2, -0.15) is 0 Å². The zero-order valence-corrected chi connectivity index (χ0v) is 17.7. The van der Waals surface area contributed by atoms with Crippen molar-refractivity contribution in [2.24, 2.45) is 0 Å². The Balaban J connectivity index is 1.63. The van der Waals surface area contributed by atoms with Crippen molar-refractivity contribution in [2.75, 3.05) is 19.6 Å². The fourth-order valence-electron chi connectivity index (χ4n) is 5.10. The monoisotopic (exact) mass is 406 g/mol. The van der Waals surface area contributed by atoms with Crippen LogP contribution in [0.5, 0.6) is 0 Å². The Hall–Kier alpha value is -2.12. The van der Waals surface area contributed by atoms with Gasteiger partial charge in [-0.05, 0) is 39.5 Å². The van der Waals surface area contributed by atoms with Crippen LogP contribution in [-0.4, -0.2) is 64.3 Å². The first-order chi connectivity index (χ1) is 13.9. The standard InChI is InChI=1S/C21H34N4O4/c1-3-24(4-2)17(27)20(11-6-5-7-12-20)22-16(26)10-15-25-18(28)21(23-19(25)29)13-8-9-14-21/h3-15H2,1-2H3,(H,22,26)(H,23,29). The zero-order valence-electron chi connectivity index (χ0n) is 17.7. The highest BCUT2D eigenvalue weighted by Crippen LogP contribution is 2.35. The van der Waals surface area contributed by atoms with Gasteiger partial charge in [0, 0.05) is 26.1 Å². The van der Waals surface area contributed by atoms with E-state index in [0.29, 0.717) is 38.8 Å². The third kappa shape index (κ3) is 4.12. The molecule has 0 bridgehead atoms. The summed E-state index contributed by atoms with van der Waals surface area (Å²) in [6.45, 7) is 5.15. The van der Waals surface area contributed by atoms with Crippen LogP contribution in [0, 0.1) is 0 Å². The van der Waals surface area contributed by atoms with E-state index in [1.807, 2.05) is 13.8 Å². The Kier molecular flexibility index (Phi) is 6.49. The predicted molar refractivity (Wildman–Crippen MR) is 108 cm³/mol. The first-order valence-electron chi connectivity index (χ1n) is 11.1. The summed E-state index contributed by atoms with van der Waals surface area (Å²) in [5.74, 6) is -0.504. The molecule has 0 aromatic carbocycles. The predicted octanol–water partition coefficient (Wildman–Crippen LogP) is 1.93. The minimum absolute atomic E-state index is 0.0164. The molecule has 0 unspecified atom stereocenters. The molecule has 0 atom stereocenters. The van der Waals surface area contributed by atoms with E-state index < -0.39 is 17.1 Å². The smallest absolute Gasteiger partial charge is 0.325 e. The lowest BCUT2D eigenvalue weighted by atomic mass is 9.80. The minimum Gasteiger partial charge on any atom is -0.342 e. The van der Waals surface area contributed by atoms with Gasteiger partial charge in [0.15, 0.2) is 0 Å². The normalized spacial score (nSPS) is 22.6. The first-order valence-corrected chi connectivity index (χ1v) is 11.1. The van der Waals surface area contributed by atoms with Crippen LogP contribution in [0.4, 0.5) is 4.79 Å². The van der Waals surface area contributed by atoms with Crippen LogP contribution >= 0.6 is 0 Å². The van der Waals surface area contributed by atoms with E-state index in [1.165, 1.54) is 4.90 Å². The van der Waals surface area contributed by atoms with Crippen LogP contribution in [0.25, 0.3) is 0 Å².